The Morgan fingerprint density at radius 2 is 1.30 bits per heavy atom. The molecule has 0 amide bonds. The van der Waals surface area contributed by atoms with Crippen LogP contribution in [0.2, 0.25) is 0 Å². The van der Waals surface area contributed by atoms with Gasteiger partial charge in [0.15, 0.2) is 0 Å². The van der Waals surface area contributed by atoms with E-state index in [0.717, 1.165) is 5.92 Å². The van der Waals surface area contributed by atoms with Crippen molar-refractivity contribution in [2.24, 2.45) is 5.92 Å². The molecular formula is C19H38O. The van der Waals surface area contributed by atoms with Crippen LogP contribution in [0, 0.1) is 5.92 Å². The second-order valence-electron chi connectivity index (χ2n) is 6.88. The molecule has 1 heterocycles. The van der Waals surface area contributed by atoms with Crippen molar-refractivity contribution in [3.8, 4) is 0 Å². The van der Waals surface area contributed by atoms with Crippen LogP contribution in [0.1, 0.15) is 104 Å². The molecule has 0 saturated carbocycles. The summed E-state index contributed by atoms with van der Waals surface area (Å²) in [4.78, 5) is 0. The fourth-order valence-corrected chi connectivity index (χ4v) is 3.25. The summed E-state index contributed by atoms with van der Waals surface area (Å²) >= 11 is 0. The van der Waals surface area contributed by atoms with Gasteiger partial charge < -0.3 is 4.74 Å². The number of rotatable bonds is 14. The second-order valence-corrected chi connectivity index (χ2v) is 6.88. The maximum absolute atomic E-state index is 5.87. The SMILES string of the molecule is CCCCCCCCCC(C)C1OC1CCCCCC. The van der Waals surface area contributed by atoms with E-state index in [-0.39, 0.29) is 0 Å². The van der Waals surface area contributed by atoms with Crippen LogP contribution in [0.5, 0.6) is 0 Å². The first-order chi connectivity index (χ1) is 9.79. The first-order valence-electron chi connectivity index (χ1n) is 9.45. The van der Waals surface area contributed by atoms with E-state index >= 15 is 0 Å². The first kappa shape index (κ1) is 18.0. The molecule has 0 N–H and O–H groups in total. The summed E-state index contributed by atoms with van der Waals surface area (Å²) in [6, 6.07) is 0. The summed E-state index contributed by atoms with van der Waals surface area (Å²) in [6.07, 6.45) is 19.4. The van der Waals surface area contributed by atoms with E-state index in [0.29, 0.717) is 12.2 Å². The van der Waals surface area contributed by atoms with Gasteiger partial charge in [-0.15, -0.1) is 0 Å². The van der Waals surface area contributed by atoms with Gasteiger partial charge in [0.05, 0.1) is 12.2 Å². The minimum atomic E-state index is 0.608. The molecule has 0 aromatic heterocycles. The molecule has 0 bridgehead atoms. The third kappa shape index (κ3) is 8.29. The molecule has 1 aliphatic rings. The Kier molecular flexibility index (Phi) is 10.4. The van der Waals surface area contributed by atoms with E-state index < -0.39 is 0 Å². The van der Waals surface area contributed by atoms with Crippen LogP contribution in [0.3, 0.4) is 0 Å². The van der Waals surface area contributed by atoms with Crippen molar-refractivity contribution < 1.29 is 4.74 Å². The zero-order chi connectivity index (χ0) is 14.6. The van der Waals surface area contributed by atoms with E-state index in [4.69, 9.17) is 4.74 Å². The molecular weight excluding hydrogens is 244 g/mol. The summed E-state index contributed by atoms with van der Waals surface area (Å²) in [7, 11) is 0. The number of unbranched alkanes of at least 4 members (excludes halogenated alkanes) is 9. The van der Waals surface area contributed by atoms with Gasteiger partial charge in [0.25, 0.3) is 0 Å². The maximum Gasteiger partial charge on any atom is 0.0867 e. The van der Waals surface area contributed by atoms with Crippen LogP contribution >= 0.6 is 0 Å². The predicted octanol–water partition coefficient (Wildman–Crippen LogP) is 6.50. The third-order valence-electron chi connectivity index (χ3n) is 4.79. The summed E-state index contributed by atoms with van der Waals surface area (Å²) in [6.45, 7) is 6.96. The van der Waals surface area contributed by atoms with Crippen molar-refractivity contribution in [2.45, 2.75) is 116 Å². The lowest BCUT2D eigenvalue weighted by Crippen LogP contribution is -2.07. The molecule has 0 aliphatic carbocycles. The van der Waals surface area contributed by atoms with Crippen molar-refractivity contribution >= 4 is 0 Å². The molecule has 0 radical (unpaired) electrons. The molecule has 120 valence electrons. The summed E-state index contributed by atoms with van der Waals surface area (Å²) in [5.74, 6) is 0.793. The largest absolute Gasteiger partial charge is 0.369 e. The second kappa shape index (κ2) is 11.6. The Balaban J connectivity index is 1.87. The van der Waals surface area contributed by atoms with Crippen LogP contribution in [0.15, 0.2) is 0 Å². The first-order valence-corrected chi connectivity index (χ1v) is 9.45. The van der Waals surface area contributed by atoms with Crippen molar-refractivity contribution in [1.82, 2.24) is 0 Å². The van der Waals surface area contributed by atoms with E-state index in [1.807, 2.05) is 0 Å². The van der Waals surface area contributed by atoms with E-state index in [2.05, 4.69) is 20.8 Å². The van der Waals surface area contributed by atoms with E-state index in [1.54, 1.807) is 0 Å². The van der Waals surface area contributed by atoms with Crippen molar-refractivity contribution in [2.75, 3.05) is 0 Å². The van der Waals surface area contributed by atoms with Crippen LogP contribution < -0.4 is 0 Å². The molecule has 20 heavy (non-hydrogen) atoms. The number of ether oxygens (including phenoxy) is 1. The van der Waals surface area contributed by atoms with Gasteiger partial charge >= 0.3 is 0 Å². The molecule has 1 fully saturated rings. The zero-order valence-electron chi connectivity index (χ0n) is 14.3. The maximum atomic E-state index is 5.87. The molecule has 1 rings (SSSR count). The Bertz CT molecular complexity index is 214. The molecule has 3 unspecified atom stereocenters. The minimum absolute atomic E-state index is 0.608. The fraction of sp³-hybridized carbons (Fsp3) is 1.00. The van der Waals surface area contributed by atoms with Crippen LogP contribution in [-0.4, -0.2) is 12.2 Å². The van der Waals surface area contributed by atoms with Crippen LogP contribution in [0.25, 0.3) is 0 Å². The highest BCUT2D eigenvalue weighted by molar-refractivity contribution is 4.88. The zero-order valence-corrected chi connectivity index (χ0v) is 14.3. The molecule has 0 aromatic carbocycles. The Labute approximate surface area is 127 Å². The minimum Gasteiger partial charge on any atom is -0.369 e. The lowest BCUT2D eigenvalue weighted by Gasteiger charge is -2.08. The molecule has 1 saturated heterocycles. The van der Waals surface area contributed by atoms with Gasteiger partial charge in [-0.2, -0.15) is 0 Å². The van der Waals surface area contributed by atoms with Gasteiger partial charge in [0, 0.05) is 0 Å². The van der Waals surface area contributed by atoms with Gasteiger partial charge in [-0.3, -0.25) is 0 Å². The highest BCUT2D eigenvalue weighted by Crippen LogP contribution is 2.35. The standard InChI is InChI=1S/C19H38O/c1-4-6-8-10-11-12-13-15-17(3)19-18(20-19)16-14-9-7-5-2/h17-19H,4-16H2,1-3H3. The van der Waals surface area contributed by atoms with Crippen LogP contribution in [0.4, 0.5) is 0 Å². The molecule has 0 aromatic rings. The Hall–Kier alpha value is -0.0400. The highest BCUT2D eigenvalue weighted by Gasteiger charge is 2.41. The predicted molar refractivity (Wildman–Crippen MR) is 89.2 cm³/mol. The van der Waals surface area contributed by atoms with Crippen LogP contribution in [-0.2, 0) is 4.74 Å². The number of epoxide rings is 1. The topological polar surface area (TPSA) is 12.5 Å². The summed E-state index contributed by atoms with van der Waals surface area (Å²) in [5, 5.41) is 0. The van der Waals surface area contributed by atoms with Crippen molar-refractivity contribution in [3.05, 3.63) is 0 Å². The lowest BCUT2D eigenvalue weighted by molar-refractivity contribution is 0.308. The summed E-state index contributed by atoms with van der Waals surface area (Å²) in [5.41, 5.74) is 0. The number of hydrogen-bond donors (Lipinski definition) is 0. The van der Waals surface area contributed by atoms with E-state index in [1.165, 1.54) is 83.5 Å². The van der Waals surface area contributed by atoms with Crippen molar-refractivity contribution in [3.63, 3.8) is 0 Å². The Morgan fingerprint density at radius 3 is 1.95 bits per heavy atom. The normalized spacial score (nSPS) is 22.9. The van der Waals surface area contributed by atoms with Gasteiger partial charge in [0.2, 0.25) is 0 Å². The monoisotopic (exact) mass is 282 g/mol. The molecule has 0 spiro atoms. The molecule has 1 nitrogen and oxygen atoms in total. The molecule has 1 aliphatic heterocycles. The Morgan fingerprint density at radius 1 is 0.750 bits per heavy atom. The van der Waals surface area contributed by atoms with Gasteiger partial charge in [-0.25, -0.2) is 0 Å². The van der Waals surface area contributed by atoms with E-state index in [9.17, 15) is 0 Å². The third-order valence-corrected chi connectivity index (χ3v) is 4.79. The number of hydrogen-bond acceptors (Lipinski definition) is 1. The summed E-state index contributed by atoms with van der Waals surface area (Å²) < 4.78 is 5.87. The fourth-order valence-electron chi connectivity index (χ4n) is 3.25. The van der Waals surface area contributed by atoms with Gasteiger partial charge in [-0.1, -0.05) is 91.4 Å². The van der Waals surface area contributed by atoms with Gasteiger partial charge in [-0.05, 0) is 18.8 Å². The quantitative estimate of drug-likeness (QED) is 0.261. The smallest absolute Gasteiger partial charge is 0.0867 e. The average molecular weight is 283 g/mol. The molecule has 1 heteroatoms. The highest BCUT2D eigenvalue weighted by atomic mass is 16.6. The average Bonchev–Trinajstić information content (AvgIpc) is 3.22. The lowest BCUT2D eigenvalue weighted by atomic mass is 9.96. The van der Waals surface area contributed by atoms with Crippen molar-refractivity contribution in [1.29, 1.82) is 0 Å². The van der Waals surface area contributed by atoms with Gasteiger partial charge in [0.1, 0.15) is 0 Å². The molecule has 3 atom stereocenters.